The molecule has 0 N–H and O–H groups in total. The monoisotopic (exact) mass is 598 g/mol. The van der Waals surface area contributed by atoms with Gasteiger partial charge in [-0.1, -0.05) is 138 Å². The molecule has 1 heterocycles. The largest absolute Gasteiger partial charge is 0.436 e. The van der Waals surface area contributed by atoms with Crippen molar-refractivity contribution >= 4 is 33.8 Å². The fourth-order valence-electron chi connectivity index (χ4n) is 5.97. The van der Waals surface area contributed by atoms with Gasteiger partial charge < -0.3 is 4.42 Å². The molecule has 0 unspecified atom stereocenters. The Bertz CT molecular complexity index is 2190. The number of aromatic nitrogens is 1. The predicted octanol–water partition coefficient (Wildman–Crippen LogP) is 12.2. The van der Waals surface area contributed by atoms with Crippen LogP contribution in [-0.4, -0.2) is 11.2 Å². The molecule has 0 saturated heterocycles. The highest BCUT2D eigenvalue weighted by Gasteiger charge is 2.21. The number of fused-ring (bicyclic) bond motifs is 2. The van der Waals surface area contributed by atoms with E-state index < -0.39 is 0 Å². The molecule has 0 radical (unpaired) electrons. The highest BCUT2D eigenvalue weighted by molar-refractivity contribution is 6.01. The van der Waals surface area contributed by atoms with Gasteiger partial charge >= 0.3 is 0 Å². The van der Waals surface area contributed by atoms with Crippen LogP contribution in [0.4, 0.5) is 5.69 Å². The summed E-state index contributed by atoms with van der Waals surface area (Å²) in [6, 6.07) is 44.8. The molecule has 3 heteroatoms. The molecule has 0 amide bonds. The molecular weight excluding hydrogens is 560 g/mol. The molecule has 6 aromatic carbocycles. The maximum atomic E-state index is 6.55. The third-order valence-corrected chi connectivity index (χ3v) is 8.77. The summed E-state index contributed by atoms with van der Waals surface area (Å²) in [4.78, 5) is 10.1. The Morgan fingerprint density at radius 3 is 2.07 bits per heavy atom. The molecule has 7 aromatic rings. The lowest BCUT2D eigenvalue weighted by Gasteiger charge is -2.20. The van der Waals surface area contributed by atoms with Gasteiger partial charge in [0, 0.05) is 17.3 Å². The summed E-state index contributed by atoms with van der Waals surface area (Å²) in [7, 11) is 0. The number of benzene rings is 6. The van der Waals surface area contributed by atoms with Crippen molar-refractivity contribution in [1.29, 1.82) is 0 Å². The van der Waals surface area contributed by atoms with Gasteiger partial charge in [0.2, 0.25) is 5.89 Å². The number of nitrogens with zero attached hydrogens (tertiary/aromatic N) is 2. The Hall–Kier alpha value is -5.28. The van der Waals surface area contributed by atoms with E-state index in [9.17, 15) is 0 Å². The summed E-state index contributed by atoms with van der Waals surface area (Å²) in [5.41, 5.74) is 11.5. The van der Waals surface area contributed by atoms with Crippen LogP contribution in [0.3, 0.4) is 0 Å². The molecular formula is C43H38N2O. The predicted molar refractivity (Wildman–Crippen MR) is 194 cm³/mol. The van der Waals surface area contributed by atoms with Crippen LogP contribution in [-0.2, 0) is 5.41 Å². The maximum absolute atomic E-state index is 6.55. The van der Waals surface area contributed by atoms with E-state index in [-0.39, 0.29) is 5.41 Å². The number of aliphatic imine (C=N–C) groups is 1. The molecule has 0 aliphatic heterocycles. The number of rotatable bonds is 6. The zero-order valence-electron chi connectivity index (χ0n) is 27.1. The van der Waals surface area contributed by atoms with Crippen molar-refractivity contribution < 1.29 is 4.42 Å². The van der Waals surface area contributed by atoms with Crippen molar-refractivity contribution in [3.63, 3.8) is 0 Å². The van der Waals surface area contributed by atoms with E-state index in [2.05, 4.69) is 138 Å². The first-order chi connectivity index (χ1) is 22.2. The molecule has 3 nitrogen and oxygen atoms in total. The molecule has 226 valence electrons. The Kier molecular flexibility index (Phi) is 7.62. The molecule has 0 fully saturated rings. The number of oxazole rings is 1. The molecule has 0 aliphatic rings. The van der Waals surface area contributed by atoms with Crippen molar-refractivity contribution in [3.8, 4) is 33.7 Å². The van der Waals surface area contributed by atoms with Crippen molar-refractivity contribution in [3.05, 3.63) is 144 Å². The third kappa shape index (κ3) is 5.77. The topological polar surface area (TPSA) is 38.4 Å². The van der Waals surface area contributed by atoms with Gasteiger partial charge in [-0.2, -0.15) is 0 Å². The van der Waals surface area contributed by atoms with E-state index in [1.165, 1.54) is 33.0 Å². The maximum Gasteiger partial charge on any atom is 0.229 e. The van der Waals surface area contributed by atoms with Gasteiger partial charge in [-0.25, -0.2) is 4.98 Å². The van der Waals surface area contributed by atoms with Gasteiger partial charge in [0.15, 0.2) is 5.58 Å². The van der Waals surface area contributed by atoms with Crippen LogP contribution >= 0.6 is 0 Å². The number of hydrogen-bond acceptors (Lipinski definition) is 3. The van der Waals surface area contributed by atoms with E-state index >= 15 is 0 Å². The van der Waals surface area contributed by atoms with Crippen molar-refractivity contribution in [2.75, 3.05) is 0 Å². The lowest BCUT2D eigenvalue weighted by Crippen LogP contribution is -2.11. The minimum atomic E-state index is -0.0609. The molecule has 7 rings (SSSR count). The van der Waals surface area contributed by atoms with E-state index in [1.54, 1.807) is 0 Å². The zero-order chi connectivity index (χ0) is 31.8. The van der Waals surface area contributed by atoms with Crippen LogP contribution in [0.25, 0.3) is 55.6 Å². The van der Waals surface area contributed by atoms with Crippen LogP contribution < -0.4 is 0 Å². The average Bonchev–Trinajstić information content (AvgIpc) is 3.51. The van der Waals surface area contributed by atoms with Gasteiger partial charge in [-0.05, 0) is 74.2 Å². The van der Waals surface area contributed by atoms with Gasteiger partial charge in [-0.3, -0.25) is 4.99 Å². The normalized spacial score (nSPS) is 12.1. The van der Waals surface area contributed by atoms with E-state index in [4.69, 9.17) is 14.4 Å². The average molecular weight is 599 g/mol. The van der Waals surface area contributed by atoms with E-state index in [0.29, 0.717) is 11.8 Å². The molecule has 0 atom stereocenters. The molecule has 0 spiro atoms. The van der Waals surface area contributed by atoms with Crippen LogP contribution in [0.2, 0.25) is 0 Å². The Morgan fingerprint density at radius 2 is 1.33 bits per heavy atom. The molecule has 0 aliphatic carbocycles. The lowest BCUT2D eigenvalue weighted by molar-refractivity contribution is 0.584. The second kappa shape index (κ2) is 11.9. The smallest absolute Gasteiger partial charge is 0.229 e. The van der Waals surface area contributed by atoms with Crippen molar-refractivity contribution in [2.45, 2.75) is 46.0 Å². The first-order valence-electron chi connectivity index (χ1n) is 16.0. The summed E-state index contributed by atoms with van der Waals surface area (Å²) >= 11 is 0. The highest BCUT2D eigenvalue weighted by Crippen LogP contribution is 2.39. The van der Waals surface area contributed by atoms with Gasteiger partial charge in [0.1, 0.15) is 5.52 Å². The molecule has 0 bridgehead atoms. The zero-order valence-corrected chi connectivity index (χ0v) is 27.1. The summed E-state index contributed by atoms with van der Waals surface area (Å²) in [6.45, 7) is 11.1. The fourth-order valence-corrected chi connectivity index (χ4v) is 5.97. The highest BCUT2D eigenvalue weighted by atomic mass is 16.3. The number of para-hydroxylation sites is 1. The van der Waals surface area contributed by atoms with Gasteiger partial charge in [-0.15, -0.1) is 0 Å². The third-order valence-electron chi connectivity index (χ3n) is 8.77. The van der Waals surface area contributed by atoms with Crippen LogP contribution in [0.5, 0.6) is 0 Å². The van der Waals surface area contributed by atoms with Crippen LogP contribution in [0, 0.1) is 0 Å². The second-order valence-corrected chi connectivity index (χ2v) is 13.3. The number of hydrogen-bond donors (Lipinski definition) is 0. The van der Waals surface area contributed by atoms with E-state index in [0.717, 1.165) is 39.0 Å². The quantitative estimate of drug-likeness (QED) is 0.179. The van der Waals surface area contributed by atoms with Gasteiger partial charge in [0.05, 0.1) is 11.3 Å². The second-order valence-electron chi connectivity index (χ2n) is 13.3. The standard InChI is InChI=1S/C43H38N2O/c1-28(2)29-17-19-30(20-18-29)31-21-23-33(24-22-31)38-25-35(43(3,4)5)26-40-41(38)45-42(46-40)37-15-8-9-16-39(37)44-27-34-13-10-12-32-11-6-7-14-36(32)34/h6-28H,1-5H3. The van der Waals surface area contributed by atoms with Crippen LogP contribution in [0.15, 0.2) is 137 Å². The van der Waals surface area contributed by atoms with E-state index in [1.807, 2.05) is 30.5 Å². The first kappa shape index (κ1) is 29.4. The SMILES string of the molecule is CC(C)c1ccc(-c2ccc(-c3cc(C(C)(C)C)cc4oc(-c5ccccc5N=Cc5cccc6ccccc56)nc34)cc2)cc1. The van der Waals surface area contributed by atoms with Crippen LogP contribution in [0.1, 0.15) is 57.2 Å². The first-order valence-corrected chi connectivity index (χ1v) is 16.0. The molecule has 1 aromatic heterocycles. The lowest BCUT2D eigenvalue weighted by atomic mass is 9.85. The minimum absolute atomic E-state index is 0.0609. The van der Waals surface area contributed by atoms with Crippen molar-refractivity contribution in [2.24, 2.45) is 4.99 Å². The minimum Gasteiger partial charge on any atom is -0.436 e. The summed E-state index contributed by atoms with van der Waals surface area (Å²) in [5, 5.41) is 2.36. The molecule has 0 saturated carbocycles. The Morgan fingerprint density at radius 1 is 0.674 bits per heavy atom. The Balaban J connectivity index is 1.29. The Labute approximate surface area is 271 Å². The fraction of sp³-hybridized carbons (Fsp3) is 0.163. The summed E-state index contributed by atoms with van der Waals surface area (Å²) < 4.78 is 6.55. The van der Waals surface area contributed by atoms with Gasteiger partial charge in [0.25, 0.3) is 0 Å². The van der Waals surface area contributed by atoms with Crippen molar-refractivity contribution in [1.82, 2.24) is 4.98 Å². The molecule has 46 heavy (non-hydrogen) atoms. The summed E-state index contributed by atoms with van der Waals surface area (Å²) in [5.74, 6) is 1.08. The summed E-state index contributed by atoms with van der Waals surface area (Å²) in [6.07, 6.45) is 1.94.